The maximum atomic E-state index is 5.72. The van der Waals surface area contributed by atoms with Crippen molar-refractivity contribution in [2.75, 3.05) is 11.4 Å². The third-order valence-corrected chi connectivity index (χ3v) is 4.80. The third kappa shape index (κ3) is 2.03. The van der Waals surface area contributed by atoms with Gasteiger partial charge in [0.2, 0.25) is 0 Å². The quantitative estimate of drug-likeness (QED) is 0.865. The Balaban J connectivity index is 1.89. The molecular formula is C16H24N2. The van der Waals surface area contributed by atoms with Gasteiger partial charge in [0.25, 0.3) is 0 Å². The summed E-state index contributed by atoms with van der Waals surface area (Å²) in [5.74, 6) is 0.951. The van der Waals surface area contributed by atoms with E-state index in [1.165, 1.54) is 55.5 Å². The Kier molecular flexibility index (Phi) is 3.29. The molecule has 1 saturated heterocycles. The predicted molar refractivity (Wildman–Crippen MR) is 76.8 cm³/mol. The normalized spacial score (nSPS) is 27.3. The molecule has 98 valence electrons. The van der Waals surface area contributed by atoms with Crippen LogP contribution in [0.15, 0.2) is 18.2 Å². The Morgan fingerprint density at radius 3 is 2.83 bits per heavy atom. The highest BCUT2D eigenvalue weighted by molar-refractivity contribution is 5.56. The number of hydrogen-bond acceptors (Lipinski definition) is 2. The fourth-order valence-corrected chi connectivity index (χ4v) is 3.92. The van der Waals surface area contributed by atoms with Crippen molar-refractivity contribution in [2.45, 2.75) is 51.6 Å². The smallest absolute Gasteiger partial charge is 0.0398 e. The predicted octanol–water partition coefficient (Wildman–Crippen LogP) is 3.22. The van der Waals surface area contributed by atoms with E-state index in [2.05, 4.69) is 30.0 Å². The lowest BCUT2D eigenvalue weighted by Crippen LogP contribution is -2.43. The maximum Gasteiger partial charge on any atom is 0.0398 e. The van der Waals surface area contributed by atoms with Crippen molar-refractivity contribution in [3.8, 4) is 0 Å². The van der Waals surface area contributed by atoms with Crippen LogP contribution in [-0.4, -0.2) is 12.6 Å². The van der Waals surface area contributed by atoms with Crippen molar-refractivity contribution < 1.29 is 0 Å². The van der Waals surface area contributed by atoms with Gasteiger partial charge >= 0.3 is 0 Å². The average molecular weight is 244 g/mol. The number of piperidine rings is 1. The second-order valence-electron chi connectivity index (χ2n) is 5.92. The number of benzene rings is 1. The fraction of sp³-hybridized carbons (Fsp3) is 0.625. The van der Waals surface area contributed by atoms with Crippen LogP contribution in [0.1, 0.15) is 43.2 Å². The lowest BCUT2D eigenvalue weighted by molar-refractivity contribution is 0.362. The average Bonchev–Trinajstić information content (AvgIpc) is 2.87. The number of anilines is 1. The van der Waals surface area contributed by atoms with Crippen LogP contribution in [0.5, 0.6) is 0 Å². The van der Waals surface area contributed by atoms with Crippen molar-refractivity contribution in [1.29, 1.82) is 0 Å². The molecule has 0 aromatic heterocycles. The molecule has 1 aromatic carbocycles. The number of nitrogens with two attached hydrogens (primary N) is 1. The van der Waals surface area contributed by atoms with Crippen molar-refractivity contribution in [2.24, 2.45) is 11.7 Å². The number of rotatable bonds is 2. The molecule has 0 bridgehead atoms. The summed E-state index contributed by atoms with van der Waals surface area (Å²) in [6.45, 7) is 4.12. The molecule has 2 N–H and O–H groups in total. The van der Waals surface area contributed by atoms with E-state index in [1.807, 2.05) is 0 Å². The molecule has 0 amide bonds. The van der Waals surface area contributed by atoms with Crippen LogP contribution in [0.25, 0.3) is 0 Å². The van der Waals surface area contributed by atoms with Gasteiger partial charge in [-0.25, -0.2) is 0 Å². The van der Waals surface area contributed by atoms with Gasteiger partial charge < -0.3 is 10.6 Å². The zero-order valence-corrected chi connectivity index (χ0v) is 11.4. The van der Waals surface area contributed by atoms with Gasteiger partial charge in [-0.2, -0.15) is 0 Å². The monoisotopic (exact) mass is 244 g/mol. The van der Waals surface area contributed by atoms with Crippen molar-refractivity contribution >= 4 is 5.69 Å². The van der Waals surface area contributed by atoms with E-state index in [0.29, 0.717) is 6.54 Å². The Labute approximate surface area is 110 Å². The fourth-order valence-electron chi connectivity index (χ4n) is 3.92. The molecule has 1 aromatic rings. The highest BCUT2D eigenvalue weighted by atomic mass is 15.2. The third-order valence-electron chi connectivity index (χ3n) is 4.80. The highest BCUT2D eigenvalue weighted by Gasteiger charge is 2.35. The Morgan fingerprint density at radius 2 is 2.06 bits per heavy atom. The molecule has 2 nitrogen and oxygen atoms in total. The number of hydrogen-bond donors (Lipinski definition) is 1. The molecule has 2 heteroatoms. The first-order valence-corrected chi connectivity index (χ1v) is 7.36. The van der Waals surface area contributed by atoms with E-state index in [9.17, 15) is 0 Å². The number of fused-ring (bicyclic) bond motifs is 1. The van der Waals surface area contributed by atoms with Gasteiger partial charge in [-0.1, -0.05) is 18.6 Å². The van der Waals surface area contributed by atoms with Crippen molar-refractivity contribution in [1.82, 2.24) is 0 Å². The molecule has 0 radical (unpaired) electrons. The Bertz CT molecular complexity index is 427. The molecule has 1 aliphatic carbocycles. The van der Waals surface area contributed by atoms with Gasteiger partial charge in [-0.3, -0.25) is 0 Å². The van der Waals surface area contributed by atoms with E-state index in [4.69, 9.17) is 5.73 Å². The van der Waals surface area contributed by atoms with E-state index in [1.54, 1.807) is 0 Å². The minimum Gasteiger partial charge on any atom is -0.368 e. The van der Waals surface area contributed by atoms with E-state index in [-0.39, 0.29) is 0 Å². The Morgan fingerprint density at radius 1 is 1.22 bits per heavy atom. The van der Waals surface area contributed by atoms with Gasteiger partial charge in [-0.15, -0.1) is 0 Å². The number of aryl methyl sites for hydroxylation is 1. The van der Waals surface area contributed by atoms with Crippen LogP contribution >= 0.6 is 0 Å². The van der Waals surface area contributed by atoms with Crippen LogP contribution in [0.3, 0.4) is 0 Å². The lowest BCUT2D eigenvalue weighted by Gasteiger charge is -2.40. The van der Waals surface area contributed by atoms with Gasteiger partial charge in [0, 0.05) is 24.8 Å². The van der Waals surface area contributed by atoms with Crippen LogP contribution < -0.4 is 10.6 Å². The van der Waals surface area contributed by atoms with Gasteiger partial charge in [0.05, 0.1) is 0 Å². The summed E-state index contributed by atoms with van der Waals surface area (Å²) in [6.07, 6.45) is 7.07. The van der Waals surface area contributed by atoms with E-state index in [0.717, 1.165) is 12.0 Å². The largest absolute Gasteiger partial charge is 0.368 e. The molecular weight excluding hydrogens is 220 g/mol. The van der Waals surface area contributed by atoms with Crippen molar-refractivity contribution in [3.05, 3.63) is 29.3 Å². The lowest BCUT2D eigenvalue weighted by atomic mass is 9.91. The first-order chi connectivity index (χ1) is 8.79. The first kappa shape index (κ1) is 12.0. The molecule has 1 saturated carbocycles. The molecule has 0 spiro atoms. The first-order valence-electron chi connectivity index (χ1n) is 7.36. The topological polar surface area (TPSA) is 29.3 Å². The van der Waals surface area contributed by atoms with Gasteiger partial charge in [-0.05, 0) is 55.7 Å². The molecule has 1 heterocycles. The van der Waals surface area contributed by atoms with Crippen LogP contribution in [0.2, 0.25) is 0 Å². The molecule has 3 rings (SSSR count). The number of nitrogens with zero attached hydrogens (tertiary/aromatic N) is 1. The molecule has 2 atom stereocenters. The summed E-state index contributed by atoms with van der Waals surface area (Å²) < 4.78 is 0. The second-order valence-corrected chi connectivity index (χ2v) is 5.92. The standard InChI is InChI=1S/C16H24N2/c1-12-10-13(11-17)7-8-15(12)18-9-3-5-14-4-2-6-16(14)18/h7-8,10,14,16H,2-6,9,11,17H2,1H3. The second kappa shape index (κ2) is 4.93. The Hall–Kier alpha value is -1.02. The summed E-state index contributed by atoms with van der Waals surface area (Å²) >= 11 is 0. The van der Waals surface area contributed by atoms with Crippen LogP contribution in [-0.2, 0) is 6.54 Å². The van der Waals surface area contributed by atoms with Crippen LogP contribution in [0, 0.1) is 12.8 Å². The molecule has 18 heavy (non-hydrogen) atoms. The van der Waals surface area contributed by atoms with Gasteiger partial charge in [0.1, 0.15) is 0 Å². The zero-order chi connectivity index (χ0) is 12.5. The highest BCUT2D eigenvalue weighted by Crippen LogP contribution is 2.40. The summed E-state index contributed by atoms with van der Waals surface area (Å²) in [7, 11) is 0. The minimum absolute atomic E-state index is 0.646. The summed E-state index contributed by atoms with van der Waals surface area (Å²) in [6, 6.07) is 7.55. The van der Waals surface area contributed by atoms with Crippen LogP contribution in [0.4, 0.5) is 5.69 Å². The zero-order valence-electron chi connectivity index (χ0n) is 11.4. The maximum absolute atomic E-state index is 5.72. The van der Waals surface area contributed by atoms with E-state index >= 15 is 0 Å². The minimum atomic E-state index is 0.646. The van der Waals surface area contributed by atoms with E-state index < -0.39 is 0 Å². The van der Waals surface area contributed by atoms with Gasteiger partial charge in [0.15, 0.2) is 0 Å². The molecule has 2 unspecified atom stereocenters. The SMILES string of the molecule is Cc1cc(CN)ccc1N1CCCC2CCCC21. The summed E-state index contributed by atoms with van der Waals surface area (Å²) in [5, 5.41) is 0. The molecule has 2 fully saturated rings. The summed E-state index contributed by atoms with van der Waals surface area (Å²) in [5.41, 5.74) is 9.81. The molecule has 1 aliphatic heterocycles. The summed E-state index contributed by atoms with van der Waals surface area (Å²) in [4.78, 5) is 2.68. The van der Waals surface area contributed by atoms with Crippen molar-refractivity contribution in [3.63, 3.8) is 0 Å². The molecule has 2 aliphatic rings.